The minimum Gasteiger partial charge on any atom is -0.475 e. The van der Waals surface area contributed by atoms with E-state index < -0.39 is 12.1 Å². The average molecular weight is 475 g/mol. The van der Waals surface area contributed by atoms with Crippen molar-refractivity contribution in [3.05, 3.63) is 52.2 Å². The van der Waals surface area contributed by atoms with E-state index in [1.165, 1.54) is 17.4 Å². The summed E-state index contributed by atoms with van der Waals surface area (Å²) in [5, 5.41) is 11.8. The van der Waals surface area contributed by atoms with Gasteiger partial charge in [0.15, 0.2) is 0 Å². The predicted molar refractivity (Wildman–Crippen MR) is 107 cm³/mol. The predicted octanol–water partition coefficient (Wildman–Crippen LogP) is 2.79. The second kappa shape index (κ2) is 10.4. The Morgan fingerprint density at radius 3 is 2.62 bits per heavy atom. The maximum atomic E-state index is 13.8. The minimum atomic E-state index is -5.08. The average Bonchev–Trinajstić information content (AvgIpc) is 3.46. The van der Waals surface area contributed by atoms with Gasteiger partial charge in [0.05, 0.1) is 18.2 Å². The Hall–Kier alpha value is -2.57. The summed E-state index contributed by atoms with van der Waals surface area (Å²) < 4.78 is 51.5. The van der Waals surface area contributed by atoms with E-state index >= 15 is 0 Å². The van der Waals surface area contributed by atoms with Gasteiger partial charge in [-0.05, 0) is 6.07 Å². The molecule has 32 heavy (non-hydrogen) atoms. The van der Waals surface area contributed by atoms with E-state index in [4.69, 9.17) is 14.6 Å². The lowest BCUT2D eigenvalue weighted by molar-refractivity contribution is -0.192. The number of carbonyl (C=O) groups excluding carboxylic acids is 1. The molecule has 0 radical (unpaired) electrons. The Bertz CT molecular complexity index is 926. The van der Waals surface area contributed by atoms with Crippen molar-refractivity contribution in [2.45, 2.75) is 18.8 Å². The molecule has 0 unspecified atom stereocenters. The van der Waals surface area contributed by atoms with Gasteiger partial charge in [-0.3, -0.25) is 9.69 Å². The van der Waals surface area contributed by atoms with Crippen LogP contribution in [-0.4, -0.2) is 65.4 Å². The summed E-state index contributed by atoms with van der Waals surface area (Å²) in [6.07, 6.45) is -4.91. The molecule has 174 valence electrons. The van der Waals surface area contributed by atoms with Crippen molar-refractivity contribution in [2.24, 2.45) is 11.8 Å². The van der Waals surface area contributed by atoms with Gasteiger partial charge in [-0.15, -0.1) is 11.3 Å². The van der Waals surface area contributed by atoms with Crippen molar-refractivity contribution in [3.63, 3.8) is 0 Å². The molecule has 1 aromatic heterocycles. The first-order valence-corrected chi connectivity index (χ1v) is 10.6. The molecule has 2 N–H and O–H groups in total. The third kappa shape index (κ3) is 6.24. The fraction of sp³-hybridized carbons (Fsp3) is 0.450. The van der Waals surface area contributed by atoms with E-state index in [0.717, 1.165) is 18.7 Å². The van der Waals surface area contributed by atoms with Gasteiger partial charge in [-0.25, -0.2) is 14.2 Å². The Balaban J connectivity index is 0.000000360. The molecule has 4 rings (SSSR count). The third-order valence-electron chi connectivity index (χ3n) is 5.30. The second-order valence-electron chi connectivity index (χ2n) is 7.47. The Kier molecular flexibility index (Phi) is 7.80. The highest BCUT2D eigenvalue weighted by Gasteiger charge is 2.43. The zero-order valence-corrected chi connectivity index (χ0v) is 17.5. The number of hydrogen-bond donors (Lipinski definition) is 2. The smallest absolute Gasteiger partial charge is 0.475 e. The maximum absolute atomic E-state index is 13.8. The number of halogens is 4. The number of thiazole rings is 1. The molecule has 2 aromatic rings. The summed E-state index contributed by atoms with van der Waals surface area (Å²) in [4.78, 5) is 27.2. The number of ether oxygens (including phenoxy) is 1. The summed E-state index contributed by atoms with van der Waals surface area (Å²) in [6, 6.07) is 6.90. The number of amides is 1. The summed E-state index contributed by atoms with van der Waals surface area (Å²) in [7, 11) is 0. The number of carboxylic acids is 1. The van der Waals surface area contributed by atoms with Crippen LogP contribution in [0, 0.1) is 17.7 Å². The number of aromatic nitrogens is 1. The van der Waals surface area contributed by atoms with E-state index in [2.05, 4.69) is 15.2 Å². The number of benzene rings is 1. The molecule has 2 aliphatic heterocycles. The van der Waals surface area contributed by atoms with Crippen molar-refractivity contribution in [1.29, 1.82) is 0 Å². The molecule has 3 atom stereocenters. The molecule has 0 saturated carbocycles. The standard InChI is InChI=1S/C18H20FN3O2S.C2HF3O2/c19-15-4-2-1-3-12(15)6-22-7-14-13(9-24-17(14)8-22)5-20-18(23)16-10-25-11-21-16;3-2(4,5)1(6)7/h1-4,10-11,13-14,17H,5-9H2,(H,20,23);(H,6,7)/t13-,14+,17+;/m0./s1. The van der Waals surface area contributed by atoms with E-state index in [9.17, 15) is 22.4 Å². The quantitative estimate of drug-likeness (QED) is 0.647. The van der Waals surface area contributed by atoms with Crippen molar-refractivity contribution >= 4 is 23.2 Å². The Morgan fingerprint density at radius 2 is 2.00 bits per heavy atom. The van der Waals surface area contributed by atoms with Crippen LogP contribution in [0.5, 0.6) is 0 Å². The number of aliphatic carboxylic acids is 1. The van der Waals surface area contributed by atoms with Gasteiger partial charge in [0.25, 0.3) is 5.91 Å². The molecule has 2 aliphatic rings. The zero-order valence-electron chi connectivity index (χ0n) is 16.7. The number of hydrogen-bond acceptors (Lipinski definition) is 6. The van der Waals surface area contributed by atoms with Crippen molar-refractivity contribution in [2.75, 3.05) is 26.2 Å². The fourth-order valence-electron chi connectivity index (χ4n) is 3.73. The van der Waals surface area contributed by atoms with E-state index in [-0.39, 0.29) is 17.8 Å². The van der Waals surface area contributed by atoms with Crippen LogP contribution >= 0.6 is 11.3 Å². The highest BCUT2D eigenvalue weighted by molar-refractivity contribution is 7.07. The van der Waals surface area contributed by atoms with Gasteiger partial charge in [0, 0.05) is 49.0 Å². The number of likely N-dealkylation sites (tertiary alicyclic amines) is 1. The number of carboxylic acid groups (broad SMARTS) is 1. The molecule has 0 bridgehead atoms. The molecule has 3 heterocycles. The first kappa shape index (κ1) is 24.1. The highest BCUT2D eigenvalue weighted by atomic mass is 32.1. The highest BCUT2D eigenvalue weighted by Crippen LogP contribution is 2.34. The van der Waals surface area contributed by atoms with Crippen LogP contribution in [0.3, 0.4) is 0 Å². The van der Waals surface area contributed by atoms with E-state index in [1.54, 1.807) is 17.0 Å². The van der Waals surface area contributed by atoms with Crippen molar-refractivity contribution in [1.82, 2.24) is 15.2 Å². The van der Waals surface area contributed by atoms with Crippen molar-refractivity contribution in [3.8, 4) is 0 Å². The molecule has 2 fully saturated rings. The largest absolute Gasteiger partial charge is 0.490 e. The van der Waals surface area contributed by atoms with Crippen LogP contribution in [0.4, 0.5) is 17.6 Å². The summed E-state index contributed by atoms with van der Waals surface area (Å²) in [6.45, 7) is 3.54. The molecule has 1 aromatic carbocycles. The molecule has 0 spiro atoms. The van der Waals surface area contributed by atoms with Crippen LogP contribution in [0.1, 0.15) is 16.1 Å². The lowest BCUT2D eigenvalue weighted by atomic mass is 9.93. The summed E-state index contributed by atoms with van der Waals surface area (Å²) in [5.41, 5.74) is 2.84. The van der Waals surface area contributed by atoms with Crippen LogP contribution in [0.15, 0.2) is 35.2 Å². The monoisotopic (exact) mass is 475 g/mol. The van der Waals surface area contributed by atoms with Gasteiger partial charge in [0.1, 0.15) is 11.5 Å². The number of fused-ring (bicyclic) bond motifs is 1. The third-order valence-corrected chi connectivity index (χ3v) is 5.89. The first-order valence-electron chi connectivity index (χ1n) is 9.69. The lowest BCUT2D eigenvalue weighted by Crippen LogP contribution is -2.34. The van der Waals surface area contributed by atoms with Gasteiger partial charge < -0.3 is 15.2 Å². The zero-order chi connectivity index (χ0) is 23.3. The Morgan fingerprint density at radius 1 is 1.28 bits per heavy atom. The van der Waals surface area contributed by atoms with Gasteiger partial charge >= 0.3 is 12.1 Å². The molecule has 1 amide bonds. The van der Waals surface area contributed by atoms with E-state index in [1.807, 2.05) is 12.1 Å². The minimum absolute atomic E-state index is 0.133. The molecule has 7 nitrogen and oxygen atoms in total. The maximum Gasteiger partial charge on any atom is 0.490 e. The first-order chi connectivity index (χ1) is 15.1. The van der Waals surface area contributed by atoms with Crippen molar-refractivity contribution < 1.29 is 37.0 Å². The number of alkyl halides is 3. The van der Waals surface area contributed by atoms with Gasteiger partial charge in [-0.2, -0.15) is 13.2 Å². The molecule has 2 saturated heterocycles. The van der Waals surface area contributed by atoms with Gasteiger partial charge in [0.2, 0.25) is 0 Å². The lowest BCUT2D eigenvalue weighted by Gasteiger charge is -2.20. The number of nitrogens with one attached hydrogen (secondary N) is 1. The Labute approximate surface area is 185 Å². The molecular formula is C20H21F4N3O4S. The summed E-state index contributed by atoms with van der Waals surface area (Å²) >= 11 is 1.41. The topological polar surface area (TPSA) is 91.8 Å². The van der Waals surface area contributed by atoms with Crippen LogP contribution in [0.2, 0.25) is 0 Å². The molecule has 12 heteroatoms. The van der Waals surface area contributed by atoms with Crippen LogP contribution in [-0.2, 0) is 16.1 Å². The van der Waals surface area contributed by atoms with Crippen LogP contribution < -0.4 is 5.32 Å². The SMILES string of the molecule is O=C(NC[C@H]1CO[C@@H]2CN(Cc3ccccc3F)C[C@H]12)c1cscn1.O=C(O)C(F)(F)F. The molecule has 0 aliphatic carbocycles. The van der Waals surface area contributed by atoms with Crippen LogP contribution in [0.25, 0.3) is 0 Å². The van der Waals surface area contributed by atoms with Gasteiger partial charge in [-0.1, -0.05) is 18.2 Å². The normalized spacial score (nSPS) is 22.7. The number of carbonyl (C=O) groups is 2. The number of rotatable bonds is 5. The second-order valence-corrected chi connectivity index (χ2v) is 8.19. The van der Waals surface area contributed by atoms with E-state index in [0.29, 0.717) is 37.2 Å². The molecular weight excluding hydrogens is 454 g/mol. The summed E-state index contributed by atoms with van der Waals surface area (Å²) in [5.74, 6) is -2.38. The number of nitrogens with zero attached hydrogens (tertiary/aromatic N) is 2. The fourth-order valence-corrected chi connectivity index (χ4v) is 4.26.